The summed E-state index contributed by atoms with van der Waals surface area (Å²) in [5, 5.41) is 10.8. The molecule has 1 aliphatic rings. The minimum absolute atomic E-state index is 0.00674. The number of carbonyl (C=O) groups is 1. The Balaban J connectivity index is 1.53. The number of para-hydroxylation sites is 2. The highest BCUT2D eigenvalue weighted by molar-refractivity contribution is 5.81. The second-order valence-corrected chi connectivity index (χ2v) is 8.27. The van der Waals surface area contributed by atoms with Crippen molar-refractivity contribution < 1.29 is 14.6 Å². The summed E-state index contributed by atoms with van der Waals surface area (Å²) < 4.78 is 7.88. The highest BCUT2D eigenvalue weighted by Crippen LogP contribution is 2.30. The Kier molecular flexibility index (Phi) is 6.09. The van der Waals surface area contributed by atoms with Crippen LogP contribution in [0.1, 0.15) is 29.3 Å². The molecule has 2 aromatic carbocycles. The van der Waals surface area contributed by atoms with E-state index in [4.69, 9.17) is 9.72 Å². The van der Waals surface area contributed by atoms with Gasteiger partial charge in [0.1, 0.15) is 24.3 Å². The van der Waals surface area contributed by atoms with Crippen LogP contribution >= 0.6 is 0 Å². The van der Waals surface area contributed by atoms with Crippen LogP contribution in [-0.2, 0) is 11.3 Å². The highest BCUT2D eigenvalue weighted by atomic mass is 16.5. The maximum Gasteiger partial charge on any atom is 0.223 e. The van der Waals surface area contributed by atoms with E-state index >= 15 is 0 Å². The molecule has 1 saturated heterocycles. The number of nitrogens with zero attached hydrogens (tertiary/aromatic N) is 3. The van der Waals surface area contributed by atoms with Gasteiger partial charge in [-0.05, 0) is 49.2 Å². The number of fused-ring (bicyclic) bond motifs is 1. The van der Waals surface area contributed by atoms with Crippen molar-refractivity contribution in [1.29, 1.82) is 0 Å². The molecule has 0 saturated carbocycles. The van der Waals surface area contributed by atoms with E-state index in [2.05, 4.69) is 13.5 Å². The number of imidazole rings is 1. The normalized spacial score (nSPS) is 17.3. The smallest absolute Gasteiger partial charge is 0.223 e. The van der Waals surface area contributed by atoms with E-state index in [1.54, 1.807) is 11.0 Å². The fourth-order valence-corrected chi connectivity index (χ4v) is 4.13. The molecule has 1 aliphatic heterocycles. The third-order valence-corrected chi connectivity index (χ3v) is 5.93. The number of carbonyl (C=O) groups excluding carboxylic acids is 1. The van der Waals surface area contributed by atoms with Crippen LogP contribution < -0.4 is 4.74 Å². The van der Waals surface area contributed by atoms with Gasteiger partial charge in [0.15, 0.2) is 0 Å². The van der Waals surface area contributed by atoms with Crippen LogP contribution in [0.5, 0.6) is 5.75 Å². The molecule has 6 heteroatoms. The minimum Gasteiger partial charge on any atom is -0.491 e. The van der Waals surface area contributed by atoms with E-state index in [0.29, 0.717) is 26.1 Å². The van der Waals surface area contributed by atoms with Gasteiger partial charge in [-0.25, -0.2) is 4.98 Å². The van der Waals surface area contributed by atoms with Gasteiger partial charge in [-0.1, -0.05) is 24.3 Å². The molecule has 0 spiro atoms. The molecule has 162 valence electrons. The molecule has 1 amide bonds. The fourth-order valence-electron chi connectivity index (χ4n) is 4.13. The predicted octanol–water partition coefficient (Wildman–Crippen LogP) is 3.59. The van der Waals surface area contributed by atoms with Crippen LogP contribution in [0.3, 0.4) is 0 Å². The SMILES string of the molecule is C=CCN1CC(c2nc3ccccc3n2CC(O)COc2ccc(C)c(C)c2)CC1=O. The first-order valence-electron chi connectivity index (χ1n) is 10.7. The fraction of sp³-hybridized carbons (Fsp3) is 0.360. The summed E-state index contributed by atoms with van der Waals surface area (Å²) in [7, 11) is 0. The Morgan fingerprint density at radius 2 is 2.06 bits per heavy atom. The summed E-state index contributed by atoms with van der Waals surface area (Å²) in [6, 6.07) is 13.8. The first-order valence-corrected chi connectivity index (χ1v) is 10.7. The number of hydrogen-bond donors (Lipinski definition) is 1. The number of ether oxygens (including phenoxy) is 1. The van der Waals surface area contributed by atoms with Crippen molar-refractivity contribution in [2.45, 2.75) is 38.8 Å². The summed E-state index contributed by atoms with van der Waals surface area (Å²) in [5.41, 5.74) is 4.19. The summed E-state index contributed by atoms with van der Waals surface area (Å²) in [5.74, 6) is 1.69. The number of hydrogen-bond acceptors (Lipinski definition) is 4. The molecular formula is C25H29N3O3. The number of aryl methyl sites for hydroxylation is 2. The molecule has 2 heterocycles. The maximum absolute atomic E-state index is 12.4. The van der Waals surface area contributed by atoms with Crippen LogP contribution in [0.15, 0.2) is 55.1 Å². The van der Waals surface area contributed by atoms with E-state index < -0.39 is 6.10 Å². The van der Waals surface area contributed by atoms with E-state index in [0.717, 1.165) is 28.2 Å². The van der Waals surface area contributed by atoms with Crippen molar-refractivity contribution in [3.63, 3.8) is 0 Å². The molecule has 3 aromatic rings. The maximum atomic E-state index is 12.4. The van der Waals surface area contributed by atoms with Gasteiger partial charge in [0.2, 0.25) is 5.91 Å². The molecule has 6 nitrogen and oxygen atoms in total. The van der Waals surface area contributed by atoms with Gasteiger partial charge < -0.3 is 19.3 Å². The van der Waals surface area contributed by atoms with Crippen LogP contribution in [0, 0.1) is 13.8 Å². The predicted molar refractivity (Wildman–Crippen MR) is 121 cm³/mol. The first kappa shape index (κ1) is 21.1. The van der Waals surface area contributed by atoms with Crippen molar-refractivity contribution in [2.75, 3.05) is 19.7 Å². The summed E-state index contributed by atoms with van der Waals surface area (Å²) >= 11 is 0. The number of aliphatic hydroxyl groups is 1. The van der Waals surface area contributed by atoms with E-state index in [9.17, 15) is 9.90 Å². The van der Waals surface area contributed by atoms with Gasteiger partial charge in [0, 0.05) is 25.4 Å². The van der Waals surface area contributed by atoms with Gasteiger partial charge in [0.05, 0.1) is 17.6 Å². The Hall–Kier alpha value is -3.12. The second-order valence-electron chi connectivity index (χ2n) is 8.27. The molecule has 0 radical (unpaired) electrons. The zero-order valence-electron chi connectivity index (χ0n) is 18.1. The molecule has 1 aromatic heterocycles. The van der Waals surface area contributed by atoms with Crippen LogP contribution in [0.25, 0.3) is 11.0 Å². The zero-order chi connectivity index (χ0) is 22.0. The molecule has 1 fully saturated rings. The number of amides is 1. The first-order chi connectivity index (χ1) is 15.0. The Morgan fingerprint density at radius 3 is 2.84 bits per heavy atom. The Morgan fingerprint density at radius 1 is 1.26 bits per heavy atom. The Labute approximate surface area is 182 Å². The third-order valence-electron chi connectivity index (χ3n) is 5.93. The average molecular weight is 420 g/mol. The number of likely N-dealkylation sites (tertiary alicyclic amines) is 1. The average Bonchev–Trinajstić information content (AvgIpc) is 3.30. The highest BCUT2D eigenvalue weighted by Gasteiger charge is 2.33. The van der Waals surface area contributed by atoms with Crippen molar-refractivity contribution >= 4 is 16.9 Å². The van der Waals surface area contributed by atoms with Crippen molar-refractivity contribution in [3.05, 3.63) is 72.1 Å². The van der Waals surface area contributed by atoms with Crippen molar-refractivity contribution in [3.8, 4) is 5.75 Å². The number of aromatic nitrogens is 2. The molecule has 2 atom stereocenters. The van der Waals surface area contributed by atoms with E-state index in [1.807, 2.05) is 54.0 Å². The number of benzene rings is 2. The molecular weight excluding hydrogens is 390 g/mol. The second kappa shape index (κ2) is 8.94. The lowest BCUT2D eigenvalue weighted by Crippen LogP contribution is -2.26. The lowest BCUT2D eigenvalue weighted by atomic mass is 10.1. The third kappa shape index (κ3) is 4.49. The molecule has 0 bridgehead atoms. The summed E-state index contributed by atoms with van der Waals surface area (Å²) in [6.45, 7) is 9.54. The molecule has 1 N–H and O–H groups in total. The standard InChI is InChI=1S/C25H29N3O3/c1-4-11-27-14-19(13-24(27)30)25-26-22-7-5-6-8-23(22)28(25)15-20(29)16-31-21-10-9-17(2)18(3)12-21/h4-10,12,19-20,29H,1,11,13-16H2,2-3H3. The topological polar surface area (TPSA) is 67.6 Å². The van der Waals surface area contributed by atoms with E-state index in [-0.39, 0.29) is 18.4 Å². The van der Waals surface area contributed by atoms with Crippen LogP contribution in [-0.4, -0.2) is 51.3 Å². The quantitative estimate of drug-likeness (QED) is 0.567. The summed E-state index contributed by atoms with van der Waals surface area (Å²) in [4.78, 5) is 19.0. The minimum atomic E-state index is -0.709. The zero-order valence-corrected chi connectivity index (χ0v) is 18.1. The largest absolute Gasteiger partial charge is 0.491 e. The van der Waals surface area contributed by atoms with Crippen molar-refractivity contribution in [1.82, 2.24) is 14.5 Å². The Bertz CT molecular complexity index is 1100. The lowest BCUT2D eigenvalue weighted by Gasteiger charge is -2.18. The van der Waals surface area contributed by atoms with E-state index in [1.165, 1.54) is 5.56 Å². The van der Waals surface area contributed by atoms with Gasteiger partial charge in [-0.15, -0.1) is 6.58 Å². The van der Waals surface area contributed by atoms with Crippen molar-refractivity contribution in [2.24, 2.45) is 0 Å². The van der Waals surface area contributed by atoms with Crippen LogP contribution in [0.2, 0.25) is 0 Å². The number of aliphatic hydroxyl groups excluding tert-OH is 1. The summed E-state index contributed by atoms with van der Waals surface area (Å²) in [6.07, 6.45) is 1.46. The molecule has 0 aliphatic carbocycles. The molecule has 2 unspecified atom stereocenters. The van der Waals surface area contributed by atoms with Crippen LogP contribution in [0.4, 0.5) is 0 Å². The van der Waals surface area contributed by atoms with Gasteiger partial charge in [-0.3, -0.25) is 4.79 Å². The van der Waals surface area contributed by atoms with Gasteiger partial charge in [0.25, 0.3) is 0 Å². The van der Waals surface area contributed by atoms with Gasteiger partial charge in [-0.2, -0.15) is 0 Å². The van der Waals surface area contributed by atoms with Gasteiger partial charge >= 0.3 is 0 Å². The lowest BCUT2D eigenvalue weighted by molar-refractivity contribution is -0.127. The monoisotopic (exact) mass is 419 g/mol. The number of rotatable bonds is 8. The molecule has 31 heavy (non-hydrogen) atoms. The molecule has 4 rings (SSSR count).